The van der Waals surface area contributed by atoms with E-state index in [-0.39, 0.29) is 17.8 Å². The molecule has 0 spiro atoms. The lowest BCUT2D eigenvalue weighted by atomic mass is 10.6. The normalized spacial score (nSPS) is 9.92. The summed E-state index contributed by atoms with van der Waals surface area (Å²) in [6.45, 7) is 0.275. The third-order valence-electron chi connectivity index (χ3n) is 1.06. The largest absolute Gasteiger partial charge is 0.377 e. The molecule has 0 amide bonds. The molecule has 3 N–H and O–H groups in total. The Bertz CT molecular complexity index is 268. The van der Waals surface area contributed by atoms with Crippen molar-refractivity contribution in [3.8, 4) is 0 Å². The number of halogens is 1. The van der Waals surface area contributed by atoms with Gasteiger partial charge in [0.2, 0.25) is 11.2 Å². The minimum Gasteiger partial charge on any atom is -0.377 e. The highest BCUT2D eigenvalue weighted by atomic mass is 35.5. The number of nitrogens with one attached hydrogen (secondary N) is 1. The van der Waals surface area contributed by atoms with Gasteiger partial charge in [-0.2, -0.15) is 9.97 Å². The number of anilines is 1. The van der Waals surface area contributed by atoms with Gasteiger partial charge in [0.15, 0.2) is 5.82 Å². The molecule has 6 nitrogen and oxygen atoms in total. The molecule has 12 heavy (non-hydrogen) atoms. The predicted octanol–water partition coefficient (Wildman–Crippen LogP) is -0.0430. The van der Waals surface area contributed by atoms with Crippen LogP contribution in [-0.4, -0.2) is 22.1 Å². The Morgan fingerprint density at radius 1 is 1.50 bits per heavy atom. The molecule has 0 aromatic carbocycles. The molecule has 1 aromatic heterocycles. The molecule has 0 aliphatic carbocycles. The first kappa shape index (κ1) is 9.11. The van der Waals surface area contributed by atoms with Crippen LogP contribution in [-0.2, 0) is 11.3 Å². The van der Waals surface area contributed by atoms with Crippen LogP contribution < -0.4 is 11.3 Å². The van der Waals surface area contributed by atoms with Gasteiger partial charge in [0.25, 0.3) is 0 Å². The topological polar surface area (TPSA) is 86.0 Å². The molecule has 0 saturated carbocycles. The Balaban J connectivity index is 2.90. The molecule has 0 radical (unpaired) electrons. The SMILES string of the molecule is COCc1nc(Cl)nc(NN)n1. The van der Waals surface area contributed by atoms with Crippen LogP contribution in [0.3, 0.4) is 0 Å². The number of methoxy groups -OCH3 is 1. The Kier molecular flexibility index (Phi) is 3.15. The Hall–Kier alpha value is -0.980. The molecule has 66 valence electrons. The Morgan fingerprint density at radius 3 is 2.83 bits per heavy atom. The lowest BCUT2D eigenvalue weighted by molar-refractivity contribution is 0.177. The monoisotopic (exact) mass is 189 g/mol. The number of aromatic nitrogens is 3. The summed E-state index contributed by atoms with van der Waals surface area (Å²) in [6, 6.07) is 0. The van der Waals surface area contributed by atoms with Crippen LogP contribution in [0, 0.1) is 0 Å². The second-order valence-corrected chi connectivity index (χ2v) is 2.26. The van der Waals surface area contributed by atoms with Gasteiger partial charge in [-0.15, -0.1) is 0 Å². The van der Waals surface area contributed by atoms with Crippen LogP contribution in [0.2, 0.25) is 5.28 Å². The number of hydrogen-bond donors (Lipinski definition) is 2. The average molecular weight is 190 g/mol. The van der Waals surface area contributed by atoms with E-state index in [1.54, 1.807) is 0 Å². The highest BCUT2D eigenvalue weighted by molar-refractivity contribution is 6.28. The van der Waals surface area contributed by atoms with Crippen molar-refractivity contribution in [1.82, 2.24) is 15.0 Å². The van der Waals surface area contributed by atoms with Crippen molar-refractivity contribution < 1.29 is 4.74 Å². The second-order valence-electron chi connectivity index (χ2n) is 1.92. The lowest BCUT2D eigenvalue weighted by Gasteiger charge is -2.01. The summed E-state index contributed by atoms with van der Waals surface area (Å²) in [4.78, 5) is 11.4. The first-order valence-electron chi connectivity index (χ1n) is 3.12. The van der Waals surface area contributed by atoms with E-state index < -0.39 is 0 Å². The van der Waals surface area contributed by atoms with E-state index in [0.29, 0.717) is 5.82 Å². The van der Waals surface area contributed by atoms with Gasteiger partial charge < -0.3 is 4.74 Å². The van der Waals surface area contributed by atoms with Gasteiger partial charge in [0.1, 0.15) is 6.61 Å². The van der Waals surface area contributed by atoms with Gasteiger partial charge in [-0.25, -0.2) is 10.8 Å². The zero-order valence-electron chi connectivity index (χ0n) is 6.41. The molecular weight excluding hydrogens is 182 g/mol. The quantitative estimate of drug-likeness (QED) is 0.513. The van der Waals surface area contributed by atoms with Crippen LogP contribution in [0.5, 0.6) is 0 Å². The summed E-state index contributed by atoms with van der Waals surface area (Å²) in [6.07, 6.45) is 0. The highest BCUT2D eigenvalue weighted by Gasteiger charge is 2.02. The summed E-state index contributed by atoms with van der Waals surface area (Å²) in [5.74, 6) is 5.74. The maximum absolute atomic E-state index is 5.55. The second kappa shape index (κ2) is 4.15. The van der Waals surface area contributed by atoms with E-state index >= 15 is 0 Å². The fourth-order valence-corrected chi connectivity index (χ4v) is 0.827. The van der Waals surface area contributed by atoms with Crippen LogP contribution in [0.25, 0.3) is 0 Å². The molecular formula is C5H8ClN5O. The van der Waals surface area contributed by atoms with E-state index in [1.165, 1.54) is 7.11 Å². The zero-order valence-corrected chi connectivity index (χ0v) is 7.17. The molecule has 0 aliphatic heterocycles. The number of hydrazine groups is 1. The molecule has 0 unspecified atom stereocenters. The van der Waals surface area contributed by atoms with Crippen molar-refractivity contribution in [2.24, 2.45) is 5.84 Å². The van der Waals surface area contributed by atoms with Gasteiger partial charge >= 0.3 is 0 Å². The van der Waals surface area contributed by atoms with E-state index in [1.807, 2.05) is 0 Å². The molecule has 1 aromatic rings. The number of hydrogen-bond acceptors (Lipinski definition) is 6. The maximum Gasteiger partial charge on any atom is 0.241 e. The standard InChI is InChI=1S/C5H8ClN5O/c1-12-2-3-8-4(6)10-5(9-3)11-7/h2,7H2,1H3,(H,8,9,10,11). The van der Waals surface area contributed by atoms with E-state index in [9.17, 15) is 0 Å². The van der Waals surface area contributed by atoms with E-state index in [2.05, 4.69) is 20.4 Å². The summed E-state index contributed by atoms with van der Waals surface area (Å²) in [5.41, 5.74) is 2.26. The Labute approximate surface area is 74.1 Å². The predicted molar refractivity (Wildman–Crippen MR) is 43.4 cm³/mol. The summed E-state index contributed by atoms with van der Waals surface area (Å²) in [7, 11) is 1.53. The third kappa shape index (κ3) is 2.26. The number of ether oxygens (including phenoxy) is 1. The van der Waals surface area contributed by atoms with Crippen molar-refractivity contribution in [3.63, 3.8) is 0 Å². The molecule has 1 rings (SSSR count). The fourth-order valence-electron chi connectivity index (χ4n) is 0.649. The van der Waals surface area contributed by atoms with Crippen LogP contribution in [0.15, 0.2) is 0 Å². The zero-order chi connectivity index (χ0) is 8.97. The molecule has 0 atom stereocenters. The van der Waals surface area contributed by atoms with Crippen molar-refractivity contribution in [2.75, 3.05) is 12.5 Å². The van der Waals surface area contributed by atoms with E-state index in [0.717, 1.165) is 0 Å². The first-order valence-corrected chi connectivity index (χ1v) is 3.50. The summed E-state index contributed by atoms with van der Waals surface area (Å²) >= 11 is 5.55. The number of nitrogens with two attached hydrogens (primary N) is 1. The van der Waals surface area contributed by atoms with Crippen molar-refractivity contribution in [2.45, 2.75) is 6.61 Å². The molecule has 0 fully saturated rings. The van der Waals surface area contributed by atoms with Crippen LogP contribution in [0.1, 0.15) is 5.82 Å². The average Bonchev–Trinajstić information content (AvgIpc) is 2.04. The molecule has 0 saturated heterocycles. The van der Waals surface area contributed by atoms with Gasteiger partial charge in [-0.3, -0.25) is 5.43 Å². The maximum atomic E-state index is 5.55. The highest BCUT2D eigenvalue weighted by Crippen LogP contribution is 2.04. The van der Waals surface area contributed by atoms with Crippen LogP contribution in [0.4, 0.5) is 5.95 Å². The van der Waals surface area contributed by atoms with Gasteiger partial charge in [0, 0.05) is 7.11 Å². The lowest BCUT2D eigenvalue weighted by Crippen LogP contribution is -2.12. The van der Waals surface area contributed by atoms with Gasteiger partial charge in [0.05, 0.1) is 0 Å². The van der Waals surface area contributed by atoms with Crippen molar-refractivity contribution >= 4 is 17.5 Å². The van der Waals surface area contributed by atoms with E-state index in [4.69, 9.17) is 22.2 Å². The van der Waals surface area contributed by atoms with Gasteiger partial charge in [-0.1, -0.05) is 0 Å². The molecule has 7 heteroatoms. The number of nitrogens with zero attached hydrogens (tertiary/aromatic N) is 3. The molecule has 0 aliphatic rings. The number of rotatable bonds is 3. The summed E-state index contributed by atoms with van der Waals surface area (Å²) < 4.78 is 4.80. The minimum absolute atomic E-state index is 0.0880. The van der Waals surface area contributed by atoms with Crippen molar-refractivity contribution in [3.05, 3.63) is 11.1 Å². The third-order valence-corrected chi connectivity index (χ3v) is 1.23. The molecule has 1 heterocycles. The molecule has 0 bridgehead atoms. The fraction of sp³-hybridized carbons (Fsp3) is 0.400. The van der Waals surface area contributed by atoms with Crippen molar-refractivity contribution in [1.29, 1.82) is 0 Å². The number of nitrogen functional groups attached to an aromatic ring is 1. The Morgan fingerprint density at radius 2 is 2.25 bits per heavy atom. The summed E-state index contributed by atoms with van der Waals surface area (Å²) in [5, 5.41) is 0.0880. The first-order chi connectivity index (χ1) is 5.76. The van der Waals surface area contributed by atoms with Gasteiger partial charge in [-0.05, 0) is 11.6 Å². The smallest absolute Gasteiger partial charge is 0.241 e. The van der Waals surface area contributed by atoms with Crippen LogP contribution >= 0.6 is 11.6 Å². The minimum atomic E-state index is 0.0880.